The van der Waals surface area contributed by atoms with Gasteiger partial charge in [-0.3, -0.25) is 0 Å². The third-order valence-electron chi connectivity index (χ3n) is 5.06. The molecule has 0 radical (unpaired) electrons. The minimum absolute atomic E-state index is 0.380. The summed E-state index contributed by atoms with van der Waals surface area (Å²) in [6, 6.07) is 2.21. The van der Waals surface area contributed by atoms with Gasteiger partial charge in [-0.2, -0.15) is 4.98 Å². The second-order valence-electron chi connectivity index (χ2n) is 6.43. The van der Waals surface area contributed by atoms with Crippen LogP contribution in [0, 0.1) is 18.8 Å². The van der Waals surface area contributed by atoms with Crippen LogP contribution in [0.5, 0.6) is 0 Å². The van der Waals surface area contributed by atoms with Gasteiger partial charge >= 0.3 is 0 Å². The van der Waals surface area contributed by atoms with Crippen molar-refractivity contribution < 1.29 is 0 Å². The molecule has 5 heteroatoms. The van der Waals surface area contributed by atoms with Gasteiger partial charge in [-0.05, 0) is 49.3 Å². The number of nitrogens with zero attached hydrogens (tertiary/aromatic N) is 3. The molecule has 112 valence electrons. The van der Waals surface area contributed by atoms with Crippen molar-refractivity contribution in [2.45, 2.75) is 39.0 Å². The normalized spacial score (nSPS) is 26.1. The molecular weight excluding hydrogens is 302 g/mol. The molecule has 3 nitrogen and oxygen atoms in total. The first-order valence-corrected chi connectivity index (χ1v) is 9.09. The van der Waals surface area contributed by atoms with Crippen molar-refractivity contribution in [3.05, 3.63) is 16.2 Å². The lowest BCUT2D eigenvalue weighted by molar-refractivity contribution is 0.202. The van der Waals surface area contributed by atoms with E-state index < -0.39 is 0 Å². The second-order valence-corrected chi connectivity index (χ2v) is 8.00. The maximum atomic E-state index is 6.15. The van der Waals surface area contributed by atoms with Crippen LogP contribution in [-0.2, 0) is 0 Å². The molecule has 2 aromatic rings. The number of anilines is 1. The molecule has 0 bridgehead atoms. The Morgan fingerprint density at radius 1 is 1.19 bits per heavy atom. The molecular formula is C16H20ClN3S. The first-order valence-electron chi connectivity index (χ1n) is 7.89. The highest BCUT2D eigenvalue weighted by molar-refractivity contribution is 7.18. The van der Waals surface area contributed by atoms with E-state index in [1.165, 1.54) is 42.4 Å². The Kier molecular flexibility index (Phi) is 3.54. The third-order valence-corrected chi connectivity index (χ3v) is 6.17. The van der Waals surface area contributed by atoms with Gasteiger partial charge in [0.1, 0.15) is 10.6 Å². The molecule has 0 spiro atoms. The maximum Gasteiger partial charge on any atom is 0.225 e. The van der Waals surface area contributed by atoms with E-state index in [1.54, 1.807) is 11.3 Å². The van der Waals surface area contributed by atoms with Crippen molar-refractivity contribution in [2.75, 3.05) is 18.0 Å². The van der Waals surface area contributed by atoms with E-state index in [0.29, 0.717) is 5.28 Å². The van der Waals surface area contributed by atoms with E-state index in [2.05, 4.69) is 27.9 Å². The number of halogens is 1. The molecule has 1 saturated heterocycles. The largest absolute Gasteiger partial charge is 0.356 e. The molecule has 2 fully saturated rings. The van der Waals surface area contributed by atoms with Gasteiger partial charge < -0.3 is 4.90 Å². The molecule has 0 aromatic carbocycles. The summed E-state index contributed by atoms with van der Waals surface area (Å²) < 4.78 is 0. The summed E-state index contributed by atoms with van der Waals surface area (Å²) in [5.41, 5.74) is 0. The SMILES string of the molecule is Cc1cc2c(N3CCC4CCCCC4C3)nc(Cl)nc2s1. The number of piperidine rings is 1. The Morgan fingerprint density at radius 2 is 2.00 bits per heavy atom. The number of rotatable bonds is 1. The van der Waals surface area contributed by atoms with Gasteiger partial charge in [0.05, 0.1) is 5.39 Å². The number of hydrogen-bond acceptors (Lipinski definition) is 4. The average molecular weight is 322 g/mol. The predicted molar refractivity (Wildman–Crippen MR) is 89.4 cm³/mol. The lowest BCUT2D eigenvalue weighted by Crippen LogP contribution is -2.42. The first kappa shape index (κ1) is 13.8. The minimum Gasteiger partial charge on any atom is -0.356 e. The van der Waals surface area contributed by atoms with Crippen molar-refractivity contribution in [2.24, 2.45) is 11.8 Å². The first-order chi connectivity index (χ1) is 10.2. The summed E-state index contributed by atoms with van der Waals surface area (Å²) in [4.78, 5) is 13.7. The van der Waals surface area contributed by atoms with Crippen LogP contribution in [0.1, 0.15) is 37.0 Å². The average Bonchev–Trinajstić information content (AvgIpc) is 2.86. The zero-order chi connectivity index (χ0) is 14.4. The zero-order valence-electron chi connectivity index (χ0n) is 12.3. The lowest BCUT2D eigenvalue weighted by Gasteiger charge is -2.41. The van der Waals surface area contributed by atoms with E-state index in [1.807, 2.05) is 0 Å². The molecule has 4 rings (SSSR count). The zero-order valence-corrected chi connectivity index (χ0v) is 13.9. The molecule has 0 N–H and O–H groups in total. The molecule has 3 heterocycles. The molecule has 21 heavy (non-hydrogen) atoms. The van der Waals surface area contributed by atoms with E-state index in [4.69, 9.17) is 11.6 Å². The fourth-order valence-electron chi connectivity index (χ4n) is 4.04. The van der Waals surface area contributed by atoms with Crippen molar-refractivity contribution >= 4 is 39.0 Å². The topological polar surface area (TPSA) is 29.0 Å². The molecule has 0 amide bonds. The highest BCUT2D eigenvalue weighted by Gasteiger charge is 2.32. The van der Waals surface area contributed by atoms with E-state index in [-0.39, 0.29) is 0 Å². The van der Waals surface area contributed by atoms with Crippen molar-refractivity contribution in [3.63, 3.8) is 0 Å². The number of thiophene rings is 1. The molecule has 2 aliphatic rings. The summed E-state index contributed by atoms with van der Waals surface area (Å²) in [6.45, 7) is 4.37. The maximum absolute atomic E-state index is 6.15. The van der Waals surface area contributed by atoms with E-state index in [9.17, 15) is 0 Å². The van der Waals surface area contributed by atoms with Gasteiger partial charge in [0.2, 0.25) is 5.28 Å². The van der Waals surface area contributed by atoms with E-state index >= 15 is 0 Å². The van der Waals surface area contributed by atoms with Crippen molar-refractivity contribution in [3.8, 4) is 0 Å². The fraction of sp³-hybridized carbons (Fsp3) is 0.625. The van der Waals surface area contributed by atoms with E-state index in [0.717, 1.165) is 35.6 Å². The highest BCUT2D eigenvalue weighted by Crippen LogP contribution is 2.39. The van der Waals surface area contributed by atoms with Crippen LogP contribution in [0.3, 0.4) is 0 Å². The summed E-state index contributed by atoms with van der Waals surface area (Å²) in [5.74, 6) is 2.83. The smallest absolute Gasteiger partial charge is 0.225 e. The third kappa shape index (κ3) is 2.53. The van der Waals surface area contributed by atoms with Gasteiger partial charge in [0, 0.05) is 18.0 Å². The summed E-state index contributed by atoms with van der Waals surface area (Å²) in [7, 11) is 0. The highest BCUT2D eigenvalue weighted by atomic mass is 35.5. The van der Waals surface area contributed by atoms with Gasteiger partial charge in [0.25, 0.3) is 0 Å². The van der Waals surface area contributed by atoms with Crippen LogP contribution in [0.15, 0.2) is 6.07 Å². The lowest BCUT2D eigenvalue weighted by atomic mass is 9.75. The molecule has 2 unspecified atom stereocenters. The molecule has 1 saturated carbocycles. The Hall–Kier alpha value is -0.870. The quantitative estimate of drug-likeness (QED) is 0.715. The Bertz CT molecular complexity index is 669. The minimum atomic E-state index is 0.380. The van der Waals surface area contributed by atoms with Gasteiger partial charge in [0.15, 0.2) is 0 Å². The Morgan fingerprint density at radius 3 is 2.86 bits per heavy atom. The number of fused-ring (bicyclic) bond motifs is 2. The molecule has 1 aliphatic heterocycles. The van der Waals surface area contributed by atoms with Gasteiger partial charge in [-0.1, -0.05) is 19.3 Å². The molecule has 2 aromatic heterocycles. The van der Waals surface area contributed by atoms with Gasteiger partial charge in [-0.25, -0.2) is 4.98 Å². The number of aryl methyl sites for hydroxylation is 1. The van der Waals surface area contributed by atoms with Crippen LogP contribution < -0.4 is 4.90 Å². The van der Waals surface area contributed by atoms with Crippen LogP contribution in [-0.4, -0.2) is 23.1 Å². The van der Waals surface area contributed by atoms with Crippen molar-refractivity contribution in [1.82, 2.24) is 9.97 Å². The molecule has 2 atom stereocenters. The summed E-state index contributed by atoms with van der Waals surface area (Å²) >= 11 is 7.85. The summed E-state index contributed by atoms with van der Waals surface area (Å²) in [6.07, 6.45) is 6.93. The van der Waals surface area contributed by atoms with Gasteiger partial charge in [-0.15, -0.1) is 11.3 Å². The monoisotopic (exact) mass is 321 g/mol. The standard InChI is InChI=1S/C16H20ClN3S/c1-10-8-13-14(18-16(17)19-15(13)21-10)20-7-6-11-4-2-3-5-12(11)9-20/h8,11-12H,2-7,9H2,1H3. The fourth-order valence-corrected chi connectivity index (χ4v) is 5.12. The number of aromatic nitrogens is 2. The van der Waals surface area contributed by atoms with Crippen LogP contribution in [0.25, 0.3) is 10.2 Å². The predicted octanol–water partition coefficient (Wildman–Crippen LogP) is 4.67. The Balaban J connectivity index is 1.69. The van der Waals surface area contributed by atoms with Crippen LogP contribution in [0.2, 0.25) is 5.28 Å². The summed E-state index contributed by atoms with van der Waals surface area (Å²) in [5, 5.41) is 1.56. The van der Waals surface area contributed by atoms with Crippen LogP contribution in [0.4, 0.5) is 5.82 Å². The molecule has 1 aliphatic carbocycles. The Labute approximate surface area is 134 Å². The van der Waals surface area contributed by atoms with Crippen molar-refractivity contribution in [1.29, 1.82) is 0 Å². The van der Waals surface area contributed by atoms with Crippen LogP contribution >= 0.6 is 22.9 Å². The number of hydrogen-bond donors (Lipinski definition) is 0. The second kappa shape index (κ2) is 5.40.